The monoisotopic (exact) mass is 498 g/mol. The number of anilines is 1. The van der Waals surface area contributed by atoms with Gasteiger partial charge in [0.1, 0.15) is 18.0 Å². The quantitative estimate of drug-likeness (QED) is 0.453. The second-order valence-electron chi connectivity index (χ2n) is 7.94. The number of nitrogens with zero attached hydrogens (tertiary/aromatic N) is 3. The van der Waals surface area contributed by atoms with E-state index < -0.39 is 34.5 Å². The summed E-state index contributed by atoms with van der Waals surface area (Å²) >= 11 is -1.49. The Morgan fingerprint density at radius 2 is 1.97 bits per heavy atom. The van der Waals surface area contributed by atoms with E-state index in [0.29, 0.717) is 24.9 Å². The van der Waals surface area contributed by atoms with E-state index in [9.17, 15) is 18.4 Å². The van der Waals surface area contributed by atoms with Gasteiger partial charge in [-0.25, -0.2) is 9.78 Å². The van der Waals surface area contributed by atoms with Crippen LogP contribution >= 0.6 is 11.3 Å². The van der Waals surface area contributed by atoms with Crippen LogP contribution in [0.25, 0.3) is 0 Å². The molecule has 0 radical (unpaired) electrons. The van der Waals surface area contributed by atoms with Gasteiger partial charge in [-0.05, 0) is 42.0 Å². The van der Waals surface area contributed by atoms with Crippen molar-refractivity contribution in [3.8, 4) is 0 Å². The minimum atomic E-state index is -2.66. The molecule has 4 rings (SSSR count). The van der Waals surface area contributed by atoms with E-state index in [1.54, 1.807) is 29.6 Å². The number of aromatic nitrogens is 1. The molecule has 0 saturated carbocycles. The molecule has 2 heterocycles. The van der Waals surface area contributed by atoms with E-state index in [1.807, 2.05) is 37.3 Å². The molecule has 10 heteroatoms. The average Bonchev–Trinajstić information content (AvgIpc) is 3.54. The number of hydrogen-bond donors (Lipinski definition) is 0. The van der Waals surface area contributed by atoms with Gasteiger partial charge in [-0.3, -0.25) is 18.8 Å². The highest BCUT2D eigenvalue weighted by Crippen LogP contribution is 2.34. The van der Waals surface area contributed by atoms with Gasteiger partial charge in [0.2, 0.25) is 0 Å². The lowest BCUT2D eigenvalue weighted by Gasteiger charge is -2.35. The number of rotatable bonds is 7. The smallest absolute Gasteiger partial charge is 0.410 e. The lowest BCUT2D eigenvalue weighted by atomic mass is 10.1. The van der Waals surface area contributed by atoms with Gasteiger partial charge in [-0.2, -0.15) is 0 Å². The molecule has 2 aromatic carbocycles. The van der Waals surface area contributed by atoms with E-state index in [-0.39, 0.29) is 11.7 Å². The molecule has 0 bridgehead atoms. The van der Waals surface area contributed by atoms with E-state index in [2.05, 4.69) is 4.98 Å². The number of hydrogen-bond acceptors (Lipinski definition) is 7. The third-order valence-corrected chi connectivity index (χ3v) is 7.24. The van der Waals surface area contributed by atoms with Gasteiger partial charge in [0, 0.05) is 18.1 Å². The van der Waals surface area contributed by atoms with Crippen LogP contribution in [0, 0.1) is 6.92 Å². The topological polar surface area (TPSA) is 103 Å². The maximum Gasteiger partial charge on any atom is 0.410 e. The Balaban J connectivity index is 1.60. The van der Waals surface area contributed by atoms with Crippen molar-refractivity contribution in [2.75, 3.05) is 11.4 Å². The van der Waals surface area contributed by atoms with Crippen molar-refractivity contribution in [1.29, 1.82) is 0 Å². The van der Waals surface area contributed by atoms with Crippen LogP contribution in [0.4, 0.5) is 9.93 Å². The summed E-state index contributed by atoms with van der Waals surface area (Å²) in [7, 11) is 0. The predicted octanol–water partition coefficient (Wildman–Crippen LogP) is 4.16. The molecule has 1 fully saturated rings. The van der Waals surface area contributed by atoms with Crippen LogP contribution in [-0.4, -0.2) is 43.2 Å². The van der Waals surface area contributed by atoms with Crippen LogP contribution in [0.3, 0.4) is 0 Å². The fourth-order valence-corrected chi connectivity index (χ4v) is 5.42. The second kappa shape index (κ2) is 10.9. The number of ether oxygens (including phenoxy) is 1. The highest BCUT2D eigenvalue weighted by atomic mass is 32.2. The maximum atomic E-state index is 13.8. The predicted molar refractivity (Wildman–Crippen MR) is 129 cm³/mol. The summed E-state index contributed by atoms with van der Waals surface area (Å²) in [4.78, 5) is 33.4. The highest BCUT2D eigenvalue weighted by molar-refractivity contribution is 7.79. The lowest BCUT2D eigenvalue weighted by Crippen LogP contribution is -2.50. The van der Waals surface area contributed by atoms with Crippen molar-refractivity contribution in [3.63, 3.8) is 0 Å². The zero-order valence-corrected chi connectivity index (χ0v) is 20.2. The first-order valence-electron chi connectivity index (χ1n) is 10.8. The number of amides is 2. The molecule has 1 aliphatic rings. The number of likely N-dealkylation sites (tertiary alicyclic amines) is 1. The van der Waals surface area contributed by atoms with Gasteiger partial charge in [0.15, 0.2) is 5.13 Å². The molecule has 178 valence electrons. The standard InChI is InChI=1S/C24H25N3O5S2/c1-17-9-11-19(12-10-17)22(34(30)31)27(23-25-13-15-33-23)21(28)20-8-5-14-26(20)24(29)32-16-18-6-3-2-4-7-18/h2-4,6-7,9-13,15,20,22H,5,8,14,16H2,1H3,(H,30,31)/p-1. The summed E-state index contributed by atoms with van der Waals surface area (Å²) < 4.78 is 30.2. The molecule has 0 spiro atoms. The van der Waals surface area contributed by atoms with Crippen molar-refractivity contribution in [3.05, 3.63) is 82.9 Å². The maximum absolute atomic E-state index is 13.8. The van der Waals surface area contributed by atoms with Crippen LogP contribution in [0.5, 0.6) is 0 Å². The first-order chi connectivity index (χ1) is 16.5. The third kappa shape index (κ3) is 5.35. The third-order valence-electron chi connectivity index (χ3n) is 5.62. The SMILES string of the molecule is Cc1ccc(C(N(C(=O)C2CCCN2C(=O)OCc2ccccc2)c2nccs2)S(=O)[O-])cc1. The Labute approximate surface area is 204 Å². The van der Waals surface area contributed by atoms with Crippen LogP contribution in [0.2, 0.25) is 0 Å². The fourth-order valence-electron chi connectivity index (χ4n) is 3.93. The van der Waals surface area contributed by atoms with E-state index in [4.69, 9.17) is 4.74 Å². The molecule has 1 aromatic heterocycles. The number of aryl methyl sites for hydroxylation is 1. The van der Waals surface area contributed by atoms with Gasteiger partial charge >= 0.3 is 6.09 Å². The molecule has 1 saturated heterocycles. The summed E-state index contributed by atoms with van der Waals surface area (Å²) in [5, 5.41) is 0.655. The summed E-state index contributed by atoms with van der Waals surface area (Å²) in [5.41, 5.74) is 2.25. The summed E-state index contributed by atoms with van der Waals surface area (Å²) in [5.74, 6) is -0.501. The summed E-state index contributed by atoms with van der Waals surface area (Å²) in [6, 6.07) is 15.4. The lowest BCUT2D eigenvalue weighted by molar-refractivity contribution is -0.122. The average molecular weight is 499 g/mol. The molecule has 3 aromatic rings. The first kappa shape index (κ1) is 24.1. The van der Waals surface area contributed by atoms with Gasteiger partial charge in [0.25, 0.3) is 5.91 Å². The fraction of sp³-hybridized carbons (Fsp3) is 0.292. The van der Waals surface area contributed by atoms with Crippen LogP contribution in [-0.2, 0) is 27.2 Å². The Morgan fingerprint density at radius 1 is 1.24 bits per heavy atom. The molecule has 1 aliphatic heterocycles. The Hall–Kier alpha value is -3.08. The van der Waals surface area contributed by atoms with Crippen molar-refractivity contribution in [1.82, 2.24) is 9.88 Å². The molecule has 3 atom stereocenters. The van der Waals surface area contributed by atoms with Gasteiger partial charge < -0.3 is 9.29 Å². The van der Waals surface area contributed by atoms with Crippen LogP contribution < -0.4 is 4.90 Å². The molecule has 8 nitrogen and oxygen atoms in total. The molecular weight excluding hydrogens is 474 g/mol. The Bertz CT molecular complexity index is 1140. The van der Waals surface area contributed by atoms with Crippen molar-refractivity contribution < 1.29 is 23.1 Å². The van der Waals surface area contributed by atoms with E-state index in [1.165, 1.54) is 16.0 Å². The summed E-state index contributed by atoms with van der Waals surface area (Å²) in [6.45, 7) is 2.34. The van der Waals surface area contributed by atoms with Crippen LogP contribution in [0.15, 0.2) is 66.2 Å². The molecule has 0 aliphatic carbocycles. The largest absolute Gasteiger partial charge is 0.770 e. The molecular formula is C24H24N3O5S2-. The molecule has 0 N–H and O–H groups in total. The first-order valence-corrected chi connectivity index (χ1v) is 12.8. The molecule has 2 amide bonds. The van der Waals surface area contributed by atoms with Gasteiger partial charge in [0.05, 0.1) is 0 Å². The minimum Gasteiger partial charge on any atom is -0.770 e. The minimum absolute atomic E-state index is 0.0871. The Kier molecular flexibility index (Phi) is 7.71. The number of carbonyl (C=O) groups is 2. The normalized spacial score (nSPS) is 17.2. The van der Waals surface area contributed by atoms with Gasteiger partial charge in [-0.15, -0.1) is 11.3 Å². The van der Waals surface area contributed by atoms with Gasteiger partial charge in [-0.1, -0.05) is 60.2 Å². The van der Waals surface area contributed by atoms with E-state index >= 15 is 0 Å². The van der Waals surface area contributed by atoms with Crippen molar-refractivity contribution >= 4 is 39.5 Å². The molecule has 34 heavy (non-hydrogen) atoms. The number of benzene rings is 2. The summed E-state index contributed by atoms with van der Waals surface area (Å²) in [6.07, 6.45) is 1.93. The zero-order chi connectivity index (χ0) is 24.1. The van der Waals surface area contributed by atoms with E-state index in [0.717, 1.165) is 22.5 Å². The second-order valence-corrected chi connectivity index (χ2v) is 9.78. The van der Waals surface area contributed by atoms with Crippen molar-refractivity contribution in [2.24, 2.45) is 0 Å². The zero-order valence-electron chi connectivity index (χ0n) is 18.5. The number of thiazole rings is 1. The number of carbonyl (C=O) groups excluding carboxylic acids is 2. The Morgan fingerprint density at radius 3 is 2.62 bits per heavy atom. The molecule has 3 unspecified atom stereocenters. The van der Waals surface area contributed by atoms with Crippen LogP contribution in [0.1, 0.15) is 34.9 Å². The van der Waals surface area contributed by atoms with Crippen molar-refractivity contribution in [2.45, 2.75) is 37.8 Å². The highest BCUT2D eigenvalue weighted by Gasteiger charge is 2.41.